The van der Waals surface area contributed by atoms with Gasteiger partial charge in [0.1, 0.15) is 9.90 Å². The lowest BCUT2D eigenvalue weighted by molar-refractivity contribution is -0.155. The van der Waals surface area contributed by atoms with E-state index in [1.165, 1.54) is 12.1 Å². The fourth-order valence-corrected chi connectivity index (χ4v) is 5.96. The Bertz CT molecular complexity index is 1250. The predicted octanol–water partition coefficient (Wildman–Crippen LogP) is 3.93. The Hall–Kier alpha value is -2.70. The van der Waals surface area contributed by atoms with Crippen molar-refractivity contribution in [3.05, 3.63) is 59.4 Å². The van der Waals surface area contributed by atoms with Gasteiger partial charge in [-0.15, -0.1) is 11.3 Å². The number of carbonyl (C=O) groups is 1. The Morgan fingerprint density at radius 2 is 1.94 bits per heavy atom. The highest BCUT2D eigenvalue weighted by atomic mass is 32.2. The topological polar surface area (TPSA) is 101 Å². The van der Waals surface area contributed by atoms with Crippen molar-refractivity contribution in [2.24, 2.45) is 0 Å². The van der Waals surface area contributed by atoms with E-state index in [0.29, 0.717) is 19.3 Å². The molecule has 1 amide bonds. The second kappa shape index (κ2) is 8.92. The van der Waals surface area contributed by atoms with Crippen molar-refractivity contribution in [2.75, 3.05) is 7.05 Å². The highest BCUT2D eigenvalue weighted by Crippen LogP contribution is 2.42. The van der Waals surface area contributed by atoms with Crippen LogP contribution < -0.4 is 10.0 Å². The van der Waals surface area contributed by atoms with Gasteiger partial charge in [0.25, 0.3) is 0 Å². The molecule has 2 atom stereocenters. The molecular formula is C21H20F3N3O4S2. The van der Waals surface area contributed by atoms with E-state index in [-0.39, 0.29) is 32.6 Å². The third-order valence-electron chi connectivity index (χ3n) is 5.31. The average molecular weight is 500 g/mol. The summed E-state index contributed by atoms with van der Waals surface area (Å²) in [5, 5.41) is 5.96. The lowest BCUT2D eigenvalue weighted by atomic mass is 10.0. The van der Waals surface area contributed by atoms with E-state index in [9.17, 15) is 26.4 Å². The lowest BCUT2D eigenvalue weighted by Gasteiger charge is -2.06. The number of alkyl halides is 3. The number of nitrogens with zero attached hydrogens (tertiary/aromatic N) is 1. The number of amides is 1. The van der Waals surface area contributed by atoms with Crippen LogP contribution in [0.5, 0.6) is 0 Å². The third kappa shape index (κ3) is 5.45. The molecule has 1 saturated carbocycles. The Morgan fingerprint density at radius 1 is 1.21 bits per heavy atom. The van der Waals surface area contributed by atoms with Gasteiger partial charge in [-0.05, 0) is 36.1 Å². The Balaban J connectivity index is 1.37. The number of rotatable bonds is 8. The number of halogens is 3. The minimum Gasteiger partial charge on any atom is -0.359 e. The van der Waals surface area contributed by atoms with Gasteiger partial charge in [-0.1, -0.05) is 29.4 Å². The van der Waals surface area contributed by atoms with E-state index >= 15 is 0 Å². The summed E-state index contributed by atoms with van der Waals surface area (Å²) in [7, 11) is -2.24. The van der Waals surface area contributed by atoms with Gasteiger partial charge in [-0.3, -0.25) is 4.79 Å². The van der Waals surface area contributed by atoms with E-state index in [4.69, 9.17) is 0 Å². The maximum atomic E-state index is 12.7. The number of sulfonamides is 1. The monoisotopic (exact) mass is 499 g/mol. The molecule has 176 valence electrons. The molecule has 33 heavy (non-hydrogen) atoms. The molecular weight excluding hydrogens is 479 g/mol. The number of carbonyl (C=O) groups excluding carboxylic acids is 1. The van der Waals surface area contributed by atoms with E-state index in [1.54, 1.807) is 7.05 Å². The molecule has 1 aliphatic rings. The van der Waals surface area contributed by atoms with Gasteiger partial charge in [0, 0.05) is 31.5 Å². The van der Waals surface area contributed by atoms with Crippen LogP contribution in [-0.2, 0) is 27.4 Å². The second-order valence-corrected chi connectivity index (χ2v) is 10.7. The quantitative estimate of drug-likeness (QED) is 0.489. The van der Waals surface area contributed by atoms with E-state index < -0.39 is 22.0 Å². The van der Waals surface area contributed by atoms with Crippen LogP contribution >= 0.6 is 11.3 Å². The zero-order valence-corrected chi connectivity index (χ0v) is 19.0. The first-order valence-corrected chi connectivity index (χ1v) is 12.3. The molecule has 7 nitrogen and oxygen atoms in total. The molecule has 2 N–H and O–H groups in total. The normalized spacial score (nSPS) is 18.3. The molecule has 2 heterocycles. The summed E-state index contributed by atoms with van der Waals surface area (Å²) in [4.78, 5) is 11.6. The summed E-state index contributed by atoms with van der Waals surface area (Å²) < 4.78 is 70.5. The number of nitrogens with one attached hydrogen (secondary N) is 2. The summed E-state index contributed by atoms with van der Waals surface area (Å²) >= 11 is 0.822. The molecule has 0 bridgehead atoms. The smallest absolute Gasteiger partial charge is 0.359 e. The zero-order chi connectivity index (χ0) is 23.8. The summed E-state index contributed by atoms with van der Waals surface area (Å²) in [6.45, 7) is 0. The Labute approximate surface area is 192 Å². The van der Waals surface area contributed by atoms with Crippen LogP contribution in [0.15, 0.2) is 51.2 Å². The van der Waals surface area contributed by atoms with Gasteiger partial charge in [-0.2, -0.15) is 13.2 Å². The molecule has 4 rings (SSSR count). The third-order valence-corrected chi connectivity index (χ3v) is 8.40. The highest BCUT2D eigenvalue weighted by molar-refractivity contribution is 7.91. The van der Waals surface area contributed by atoms with E-state index in [0.717, 1.165) is 28.5 Å². The lowest BCUT2D eigenvalue weighted by Crippen LogP contribution is -2.26. The van der Waals surface area contributed by atoms with Crippen molar-refractivity contribution in [2.45, 2.75) is 41.6 Å². The number of aryl methyl sites for hydroxylation is 1. The van der Waals surface area contributed by atoms with Crippen LogP contribution in [0.25, 0.3) is 10.6 Å². The predicted molar refractivity (Wildman–Crippen MR) is 115 cm³/mol. The first kappa shape index (κ1) is 23.5. The molecule has 3 aromatic rings. The number of benzene rings is 1. The molecule has 0 spiro atoms. The van der Waals surface area contributed by atoms with E-state index in [2.05, 4.69) is 19.7 Å². The van der Waals surface area contributed by atoms with Gasteiger partial charge in [0.15, 0.2) is 0 Å². The van der Waals surface area contributed by atoms with Gasteiger partial charge in [0.2, 0.25) is 21.7 Å². The van der Waals surface area contributed by atoms with Crippen molar-refractivity contribution in [1.29, 1.82) is 0 Å². The maximum absolute atomic E-state index is 12.7. The standard InChI is InChI=1S/C21H20F3N3O4S2/c1-25-19(28)8-4-12-2-5-13(6-3-12)14-10-15(14)27-33(29,30)20-9-7-17(32-20)16-11-18(31-26-16)21(22,23)24/h2-3,5-7,9,11,14-15,27H,4,8,10H2,1H3,(H,25,28)/t14-,15+/m1/s1. The van der Waals surface area contributed by atoms with Crippen molar-refractivity contribution < 1.29 is 30.9 Å². The van der Waals surface area contributed by atoms with Crippen LogP contribution in [0.1, 0.15) is 35.6 Å². The second-order valence-electron chi connectivity index (χ2n) is 7.68. The summed E-state index contributed by atoms with van der Waals surface area (Å²) in [5.74, 6) is -1.23. The molecule has 0 radical (unpaired) electrons. The van der Waals surface area contributed by atoms with Gasteiger partial charge >= 0.3 is 6.18 Å². The van der Waals surface area contributed by atoms with Crippen LogP contribution in [-0.4, -0.2) is 32.6 Å². The van der Waals surface area contributed by atoms with Crippen molar-refractivity contribution >= 4 is 27.3 Å². The zero-order valence-electron chi connectivity index (χ0n) is 17.3. The van der Waals surface area contributed by atoms with Gasteiger partial charge in [-0.25, -0.2) is 13.1 Å². The summed E-state index contributed by atoms with van der Waals surface area (Å²) in [6, 6.07) is 10.9. The average Bonchev–Trinajstić information content (AvgIpc) is 3.17. The summed E-state index contributed by atoms with van der Waals surface area (Å²) in [6.07, 6.45) is -3.00. The highest BCUT2D eigenvalue weighted by Gasteiger charge is 2.41. The maximum Gasteiger partial charge on any atom is 0.452 e. The van der Waals surface area contributed by atoms with Crippen LogP contribution in [0.4, 0.5) is 13.2 Å². The van der Waals surface area contributed by atoms with Gasteiger partial charge in [0.05, 0.1) is 4.88 Å². The fraction of sp³-hybridized carbons (Fsp3) is 0.333. The first-order valence-electron chi connectivity index (χ1n) is 10.0. The number of hydrogen-bond donors (Lipinski definition) is 2. The Morgan fingerprint density at radius 3 is 2.58 bits per heavy atom. The Kier molecular flexibility index (Phi) is 6.34. The minimum atomic E-state index is -4.66. The first-order chi connectivity index (χ1) is 15.6. The molecule has 1 fully saturated rings. The van der Waals surface area contributed by atoms with Crippen molar-refractivity contribution in [3.8, 4) is 10.6 Å². The van der Waals surface area contributed by atoms with Crippen molar-refractivity contribution in [1.82, 2.24) is 15.2 Å². The molecule has 0 unspecified atom stereocenters. The molecule has 0 saturated heterocycles. The summed E-state index contributed by atoms with van der Waals surface area (Å²) in [5.41, 5.74) is 1.95. The molecule has 0 aliphatic heterocycles. The SMILES string of the molecule is CNC(=O)CCc1ccc([C@H]2C[C@@H]2NS(=O)(=O)c2ccc(-c3cc(C(F)(F)F)on3)s2)cc1. The molecule has 12 heteroatoms. The van der Waals surface area contributed by atoms with Gasteiger partial charge < -0.3 is 9.84 Å². The number of thiophene rings is 1. The largest absolute Gasteiger partial charge is 0.452 e. The van der Waals surface area contributed by atoms with Crippen molar-refractivity contribution in [3.63, 3.8) is 0 Å². The molecule has 1 aliphatic carbocycles. The van der Waals surface area contributed by atoms with Crippen LogP contribution in [0.3, 0.4) is 0 Å². The number of aromatic nitrogens is 1. The van der Waals surface area contributed by atoms with Crippen LogP contribution in [0, 0.1) is 0 Å². The molecule has 2 aromatic heterocycles. The molecule has 1 aromatic carbocycles. The number of hydrogen-bond acceptors (Lipinski definition) is 6. The van der Waals surface area contributed by atoms with Crippen LogP contribution in [0.2, 0.25) is 0 Å². The fourth-order valence-electron chi connectivity index (χ4n) is 3.39. The minimum absolute atomic E-state index is 0.00995. The van der Waals surface area contributed by atoms with E-state index in [1.807, 2.05) is 24.3 Å².